The van der Waals surface area contributed by atoms with Crippen LogP contribution < -0.4 is 5.73 Å². The van der Waals surface area contributed by atoms with E-state index in [2.05, 4.69) is 22.5 Å². The van der Waals surface area contributed by atoms with Crippen LogP contribution in [0.1, 0.15) is 13.8 Å². The van der Waals surface area contributed by atoms with Gasteiger partial charge in [0.15, 0.2) is 11.6 Å². The van der Waals surface area contributed by atoms with E-state index in [0.29, 0.717) is 0 Å². The summed E-state index contributed by atoms with van der Waals surface area (Å²) in [5.74, 6) is 0.335. The maximum Gasteiger partial charge on any atom is 0.186 e. The standard InChI is InChI=1S/C7H13N3OS2/c1-3-10(4-2)13-7-5(11)6(8)9-12-7/h11H,3-4H2,1-2H3,(H2,8,9). The molecule has 0 radical (unpaired) electrons. The topological polar surface area (TPSA) is 62.4 Å². The van der Waals surface area contributed by atoms with E-state index >= 15 is 0 Å². The van der Waals surface area contributed by atoms with Crippen LogP contribution in [0.5, 0.6) is 5.75 Å². The zero-order valence-electron chi connectivity index (χ0n) is 7.65. The van der Waals surface area contributed by atoms with Crippen LogP contribution in [0.15, 0.2) is 4.21 Å². The fourth-order valence-corrected chi connectivity index (χ4v) is 2.52. The van der Waals surface area contributed by atoms with E-state index in [4.69, 9.17) is 5.73 Å². The third-order valence-corrected chi connectivity index (χ3v) is 3.81. The summed E-state index contributed by atoms with van der Waals surface area (Å²) in [6, 6.07) is 0. The second-order valence-electron chi connectivity index (χ2n) is 2.41. The highest BCUT2D eigenvalue weighted by Crippen LogP contribution is 2.38. The van der Waals surface area contributed by atoms with Gasteiger partial charge in [0.2, 0.25) is 0 Å². The molecular weight excluding hydrogens is 206 g/mol. The second kappa shape index (κ2) is 4.69. The van der Waals surface area contributed by atoms with E-state index in [1.165, 1.54) is 23.5 Å². The third kappa shape index (κ3) is 2.49. The first-order valence-corrected chi connectivity index (χ1v) is 5.60. The molecule has 0 spiro atoms. The SMILES string of the molecule is CCN(CC)Sc1snc(N)c1O. The molecule has 0 aliphatic rings. The minimum Gasteiger partial charge on any atom is -0.503 e. The molecule has 0 unspecified atom stereocenters. The first-order valence-electron chi connectivity index (χ1n) is 4.06. The minimum atomic E-state index is 0.113. The fraction of sp³-hybridized carbons (Fsp3) is 0.571. The Morgan fingerprint density at radius 2 is 2.15 bits per heavy atom. The van der Waals surface area contributed by atoms with Crippen LogP contribution in [-0.4, -0.2) is 26.9 Å². The molecule has 0 atom stereocenters. The highest BCUT2D eigenvalue weighted by molar-refractivity contribution is 7.99. The average molecular weight is 219 g/mol. The lowest BCUT2D eigenvalue weighted by Gasteiger charge is -2.14. The minimum absolute atomic E-state index is 0.113. The van der Waals surface area contributed by atoms with E-state index in [-0.39, 0.29) is 11.6 Å². The van der Waals surface area contributed by atoms with Gasteiger partial charge in [-0.1, -0.05) is 13.8 Å². The van der Waals surface area contributed by atoms with E-state index in [1.54, 1.807) is 0 Å². The molecule has 0 aromatic carbocycles. The lowest BCUT2D eigenvalue weighted by atomic mass is 10.6. The van der Waals surface area contributed by atoms with Crippen LogP contribution in [0.4, 0.5) is 5.82 Å². The predicted molar refractivity (Wildman–Crippen MR) is 57.0 cm³/mol. The highest BCUT2D eigenvalue weighted by atomic mass is 32.2. The predicted octanol–water partition coefficient (Wildman–Crippen LogP) is 1.78. The van der Waals surface area contributed by atoms with Crippen molar-refractivity contribution in [2.75, 3.05) is 18.8 Å². The van der Waals surface area contributed by atoms with E-state index in [1.807, 2.05) is 0 Å². The number of rotatable bonds is 4. The summed E-state index contributed by atoms with van der Waals surface area (Å²) >= 11 is 2.73. The van der Waals surface area contributed by atoms with Crippen LogP contribution in [0.2, 0.25) is 0 Å². The summed E-state index contributed by atoms with van der Waals surface area (Å²) < 4.78 is 6.74. The van der Waals surface area contributed by atoms with Crippen LogP contribution in [0.25, 0.3) is 0 Å². The number of aromatic nitrogens is 1. The van der Waals surface area contributed by atoms with Gasteiger partial charge in [0.1, 0.15) is 4.21 Å². The Morgan fingerprint density at radius 3 is 2.54 bits per heavy atom. The van der Waals surface area contributed by atoms with E-state index in [0.717, 1.165) is 17.3 Å². The smallest absolute Gasteiger partial charge is 0.186 e. The van der Waals surface area contributed by atoms with E-state index in [9.17, 15) is 5.11 Å². The largest absolute Gasteiger partial charge is 0.503 e. The van der Waals surface area contributed by atoms with Crippen LogP contribution in [0.3, 0.4) is 0 Å². The Hall–Kier alpha value is -0.460. The summed E-state index contributed by atoms with van der Waals surface area (Å²) in [6.45, 7) is 5.99. The van der Waals surface area contributed by atoms with Crippen LogP contribution >= 0.6 is 23.5 Å². The van der Waals surface area contributed by atoms with Gasteiger partial charge in [-0.2, -0.15) is 4.37 Å². The molecule has 6 heteroatoms. The molecule has 1 heterocycles. The molecule has 0 saturated heterocycles. The van der Waals surface area contributed by atoms with Crippen LogP contribution in [-0.2, 0) is 0 Å². The molecule has 74 valence electrons. The van der Waals surface area contributed by atoms with Crippen molar-refractivity contribution in [1.29, 1.82) is 0 Å². The summed E-state index contributed by atoms with van der Waals surface area (Å²) in [4.78, 5) is 0. The summed E-state index contributed by atoms with van der Waals surface area (Å²) in [6.07, 6.45) is 0. The van der Waals surface area contributed by atoms with Gasteiger partial charge in [-0.25, -0.2) is 4.31 Å². The Bertz CT molecular complexity index is 273. The Labute approximate surface area is 86.0 Å². The highest BCUT2D eigenvalue weighted by Gasteiger charge is 2.13. The molecule has 0 bridgehead atoms. The van der Waals surface area contributed by atoms with Gasteiger partial charge in [0, 0.05) is 13.1 Å². The molecule has 0 aliphatic heterocycles. The number of nitrogens with zero attached hydrogens (tertiary/aromatic N) is 2. The van der Waals surface area contributed by atoms with Crippen molar-refractivity contribution < 1.29 is 5.11 Å². The Kier molecular flexibility index (Phi) is 3.83. The maximum atomic E-state index is 9.45. The normalized spacial score (nSPS) is 11.0. The quantitative estimate of drug-likeness (QED) is 0.756. The molecule has 0 saturated carbocycles. The summed E-state index contributed by atoms with van der Waals surface area (Å²) in [7, 11) is 0. The number of nitrogens with two attached hydrogens (primary N) is 1. The van der Waals surface area contributed by atoms with E-state index < -0.39 is 0 Å². The molecule has 0 fully saturated rings. The second-order valence-corrected chi connectivity index (χ2v) is 4.55. The summed E-state index contributed by atoms with van der Waals surface area (Å²) in [5, 5.41) is 9.45. The lowest BCUT2D eigenvalue weighted by molar-refractivity contribution is 0.466. The van der Waals surface area contributed by atoms with Crippen molar-refractivity contribution in [3.8, 4) is 5.75 Å². The number of hydrogen-bond donors (Lipinski definition) is 2. The summed E-state index contributed by atoms with van der Waals surface area (Å²) in [5.41, 5.74) is 5.42. The Balaban J connectivity index is 2.67. The zero-order chi connectivity index (χ0) is 9.84. The first kappa shape index (κ1) is 10.6. The fourth-order valence-electron chi connectivity index (χ4n) is 0.812. The van der Waals surface area contributed by atoms with Gasteiger partial charge < -0.3 is 10.8 Å². The molecule has 0 amide bonds. The third-order valence-electron chi connectivity index (χ3n) is 1.58. The molecule has 0 aliphatic carbocycles. The number of hydrogen-bond acceptors (Lipinski definition) is 6. The molecule has 1 aromatic rings. The van der Waals surface area contributed by atoms with Crippen molar-refractivity contribution in [3.05, 3.63) is 0 Å². The Morgan fingerprint density at radius 1 is 1.54 bits per heavy atom. The van der Waals surface area contributed by atoms with Gasteiger partial charge in [-0.15, -0.1) is 0 Å². The molecule has 13 heavy (non-hydrogen) atoms. The number of nitrogen functional groups attached to an aromatic ring is 1. The number of aromatic hydroxyl groups is 1. The molecule has 4 nitrogen and oxygen atoms in total. The first-order chi connectivity index (χ1) is 6.19. The monoisotopic (exact) mass is 219 g/mol. The maximum absolute atomic E-state index is 9.45. The van der Waals surface area contributed by atoms with Crippen LogP contribution in [0, 0.1) is 0 Å². The van der Waals surface area contributed by atoms with Crippen molar-refractivity contribution in [2.24, 2.45) is 0 Å². The molecule has 1 rings (SSSR count). The van der Waals surface area contributed by atoms with Crippen molar-refractivity contribution >= 4 is 29.3 Å². The lowest BCUT2D eigenvalue weighted by Crippen LogP contribution is -2.13. The average Bonchev–Trinajstić information content (AvgIpc) is 2.45. The van der Waals surface area contributed by atoms with Crippen molar-refractivity contribution in [2.45, 2.75) is 18.1 Å². The van der Waals surface area contributed by atoms with Gasteiger partial charge in [-0.05, 0) is 23.5 Å². The number of anilines is 1. The molecular formula is C7H13N3OS2. The van der Waals surface area contributed by atoms with Gasteiger partial charge >= 0.3 is 0 Å². The van der Waals surface area contributed by atoms with Crippen molar-refractivity contribution in [1.82, 2.24) is 8.68 Å². The van der Waals surface area contributed by atoms with Gasteiger partial charge in [0.05, 0.1) is 0 Å². The molecule has 1 aromatic heterocycles. The zero-order valence-corrected chi connectivity index (χ0v) is 9.28. The molecule has 3 N–H and O–H groups in total. The van der Waals surface area contributed by atoms with Gasteiger partial charge in [-0.3, -0.25) is 0 Å². The van der Waals surface area contributed by atoms with Gasteiger partial charge in [0.25, 0.3) is 0 Å². The van der Waals surface area contributed by atoms with Crippen molar-refractivity contribution in [3.63, 3.8) is 0 Å².